The predicted octanol–water partition coefficient (Wildman–Crippen LogP) is 11.6. The van der Waals surface area contributed by atoms with E-state index in [0.29, 0.717) is 143 Å². The van der Waals surface area contributed by atoms with Crippen molar-refractivity contribution in [2.24, 2.45) is 0 Å². The molecule has 0 bridgehead atoms. The summed E-state index contributed by atoms with van der Waals surface area (Å²) in [5.41, 5.74) is 9.16. The minimum Gasteiger partial charge on any atom is -0.368 e. The number of pyridine rings is 3. The van der Waals surface area contributed by atoms with Crippen LogP contribution in [0.25, 0.3) is 66.3 Å². The highest BCUT2D eigenvalue weighted by molar-refractivity contribution is 6.76. The Morgan fingerprint density at radius 1 is 0.460 bits per heavy atom. The standard InChI is InChI=1S/C33H29N7O4.C33H30N6O4.C31H31N5O2Si/c1-20(36-32(43)28-21(2)38-39-18-8-17-34-30(28)39)26-19-23-10-6-9-22(11-7-16-35-31(42)25-14-15-27(41)37-25)29(23)33(44)40(26)24-12-4-3-5-13-24;1-21(36-32(41)28-22(2)37-38-18-9-17-34-30(28)38)26-20-24-11-6-10-23(12-7-16-35-31(40)27-15-8-19-43-27)29(24)33(42)39(26)25-13-4-3-5-14-25;1-21(33-30(37)27-22(2)34-35-18-11-17-32-29(27)35)26-20-24-13-9-12-23(14-10-19-39(3,4)5)28(24)31(38)36(26)25-15-7-6-8-16-25/h3-6,8-10,12-13,17-20,25H,14-16H2,1-2H3,(H,35,42)(H,36,43)(H,37,41);3-6,9-11,13-14,17-18,20-21,27H,8,15-16,19H2,1-2H3,(H,35,40)(H,36,41);6-9,11-13,15-18,20-21H,19H2,1-5H3,(H,33,37)/t20-,25-;21-,27-;21-/m000/s1. The fraction of sp³-hybridized carbons (Fsp3) is 0.227. The summed E-state index contributed by atoms with van der Waals surface area (Å²) in [7, 11) is -1.35. The summed E-state index contributed by atoms with van der Waals surface area (Å²) in [4.78, 5) is 132. The molecule has 0 unspecified atom stereocenters. The molecule has 6 amide bonds. The number of aromatic nitrogens is 12. The Labute approximate surface area is 724 Å². The summed E-state index contributed by atoms with van der Waals surface area (Å²) in [5, 5.41) is 34.1. The molecule has 17 rings (SSSR count). The normalized spacial score (nSPS) is 14.2. The van der Waals surface area contributed by atoms with Gasteiger partial charge in [-0.15, -0.1) is 5.92 Å². The van der Waals surface area contributed by atoms with E-state index in [-0.39, 0.29) is 65.2 Å². The second kappa shape index (κ2) is 37.5. The fourth-order valence-electron chi connectivity index (χ4n) is 15.5. The van der Waals surface area contributed by atoms with Gasteiger partial charge in [-0.25, -0.2) is 28.5 Å². The Morgan fingerprint density at radius 3 is 1.15 bits per heavy atom. The molecule has 15 aromatic rings. The highest BCUT2D eigenvalue weighted by Gasteiger charge is 2.31. The minimum atomic E-state index is -1.35. The van der Waals surface area contributed by atoms with Crippen LogP contribution in [-0.4, -0.2) is 133 Å². The van der Waals surface area contributed by atoms with Crippen LogP contribution < -0.4 is 48.6 Å². The van der Waals surface area contributed by atoms with Crippen molar-refractivity contribution in [2.75, 3.05) is 19.7 Å². The number of hydrogen-bond acceptors (Lipinski definition) is 16. The van der Waals surface area contributed by atoms with Crippen LogP contribution in [0.5, 0.6) is 0 Å². The van der Waals surface area contributed by atoms with Gasteiger partial charge >= 0.3 is 0 Å². The highest BCUT2D eigenvalue weighted by Crippen LogP contribution is 2.30. The number of nitrogens with zero attached hydrogens (tertiary/aromatic N) is 12. The molecular formula is C97H90N18O10Si. The second-order valence-corrected chi connectivity index (χ2v) is 37.3. The number of ether oxygens (including phenoxy) is 1. The van der Waals surface area contributed by atoms with E-state index >= 15 is 0 Å². The number of aryl methyl sites for hydroxylation is 3. The number of benzene rings is 6. The first kappa shape index (κ1) is 85.5. The summed E-state index contributed by atoms with van der Waals surface area (Å²) in [6.07, 6.45) is 12.0. The third-order valence-electron chi connectivity index (χ3n) is 21.6. The summed E-state index contributed by atoms with van der Waals surface area (Å²) in [6, 6.07) is 54.3. The molecule has 0 saturated carbocycles. The maximum Gasteiger partial charge on any atom is 0.264 e. The lowest BCUT2D eigenvalue weighted by Gasteiger charge is -2.21. The molecule has 2 aliphatic heterocycles. The van der Waals surface area contributed by atoms with Gasteiger partial charge in [0.05, 0.1) is 72.5 Å². The summed E-state index contributed by atoms with van der Waals surface area (Å²) < 4.78 is 15.0. The molecular weight excluding hydrogens is 1610 g/mol. The Balaban J connectivity index is 0.000000146. The maximum absolute atomic E-state index is 14.2. The van der Waals surface area contributed by atoms with Crippen molar-refractivity contribution in [1.82, 2.24) is 89.4 Å². The van der Waals surface area contributed by atoms with Gasteiger partial charge in [-0.1, -0.05) is 140 Å². The molecule has 0 spiro atoms. The van der Waals surface area contributed by atoms with Crippen LogP contribution in [0, 0.1) is 56.3 Å². The van der Waals surface area contributed by atoms with Crippen molar-refractivity contribution >= 4 is 92.8 Å². The number of rotatable bonds is 17. The van der Waals surface area contributed by atoms with E-state index < -0.39 is 38.3 Å². The molecule has 632 valence electrons. The molecule has 6 N–H and O–H groups in total. The first-order valence-electron chi connectivity index (χ1n) is 41.4. The Bertz CT molecular complexity index is 7190. The van der Waals surface area contributed by atoms with Crippen molar-refractivity contribution in [2.45, 2.75) is 123 Å². The first-order chi connectivity index (χ1) is 60.9. The second-order valence-electron chi connectivity index (χ2n) is 31.8. The number of fused-ring (bicyclic) bond motifs is 6. The summed E-state index contributed by atoms with van der Waals surface area (Å²) in [6.45, 7) is 18.5. The lowest BCUT2D eigenvalue weighted by molar-refractivity contribution is -0.129. The molecule has 2 saturated heterocycles. The van der Waals surface area contributed by atoms with Gasteiger partial charge in [0, 0.05) is 107 Å². The molecule has 5 atom stereocenters. The molecule has 2 fully saturated rings. The van der Waals surface area contributed by atoms with Crippen LogP contribution in [-0.2, 0) is 19.1 Å². The lowest BCUT2D eigenvalue weighted by Crippen LogP contribution is -2.41. The van der Waals surface area contributed by atoms with Gasteiger partial charge in [-0.2, -0.15) is 15.3 Å². The van der Waals surface area contributed by atoms with Crippen molar-refractivity contribution in [3.63, 3.8) is 0 Å². The molecule has 0 aliphatic carbocycles. The zero-order valence-corrected chi connectivity index (χ0v) is 71.8. The number of amides is 6. The van der Waals surface area contributed by atoms with Gasteiger partial charge in [0.2, 0.25) is 17.7 Å². The SMILES string of the molecule is Cc1nn2cccnc2c1C(=O)N[C@@H](C)c1cc2cccc(C#CCNC(=O)[C@@H]3CCC(=O)N3)c2c(=O)n1-c1ccccc1.Cc1nn2cccnc2c1C(=O)N[C@@H](C)c1cc2cccc(C#CCNC(=O)[C@@H]3CCCO3)c2c(=O)n1-c1ccccc1.Cc1nn2cccnc2c1C(=O)N[C@@H](C)c1cc2cccc(C#CC[Si](C)(C)C)c2c(=O)n1-c1ccccc1. The third-order valence-corrected chi connectivity index (χ3v) is 22.8. The van der Waals surface area contributed by atoms with E-state index in [1.807, 2.05) is 172 Å². The molecule has 0 radical (unpaired) electrons. The van der Waals surface area contributed by atoms with Gasteiger partial charge in [-0.3, -0.25) is 56.9 Å². The molecule has 9 aromatic heterocycles. The molecule has 6 aromatic carbocycles. The Hall–Kier alpha value is -15.5. The van der Waals surface area contributed by atoms with Crippen LogP contribution >= 0.6 is 0 Å². The lowest BCUT2D eigenvalue weighted by atomic mass is 10.0. The van der Waals surface area contributed by atoms with Gasteiger partial charge in [0.25, 0.3) is 34.4 Å². The number of carbonyl (C=O) groups excluding carboxylic acids is 6. The van der Waals surface area contributed by atoms with Crippen molar-refractivity contribution in [3.05, 3.63) is 318 Å². The van der Waals surface area contributed by atoms with E-state index in [2.05, 4.69) is 117 Å². The largest absolute Gasteiger partial charge is 0.368 e. The number of hydrogen-bond donors (Lipinski definition) is 6. The van der Waals surface area contributed by atoms with Crippen molar-refractivity contribution < 1.29 is 33.5 Å². The van der Waals surface area contributed by atoms with Gasteiger partial charge in [-0.05, 0) is 168 Å². The van der Waals surface area contributed by atoms with Crippen molar-refractivity contribution in [1.29, 1.82) is 0 Å². The fourth-order valence-corrected chi connectivity index (χ4v) is 16.2. The quantitative estimate of drug-likeness (QED) is 0.0364. The molecule has 126 heavy (non-hydrogen) atoms. The molecule has 2 aliphatic rings. The average Bonchev–Trinajstić information content (AvgIpc) is 1.14. The van der Waals surface area contributed by atoms with Crippen LogP contribution in [0.1, 0.15) is 147 Å². The zero-order chi connectivity index (χ0) is 88.5. The average molecular weight is 1700 g/mol. The summed E-state index contributed by atoms with van der Waals surface area (Å²) >= 11 is 0. The van der Waals surface area contributed by atoms with Crippen LogP contribution in [0.15, 0.2) is 234 Å². The topological polar surface area (TPSA) is 340 Å². The Kier molecular flexibility index (Phi) is 25.4. The van der Waals surface area contributed by atoms with E-state index in [4.69, 9.17) is 4.74 Å². The molecule has 28 nitrogen and oxygen atoms in total. The molecule has 29 heteroatoms. The van der Waals surface area contributed by atoms with E-state index in [1.165, 1.54) is 0 Å². The molecule has 11 heterocycles. The van der Waals surface area contributed by atoms with Crippen LogP contribution in [0.2, 0.25) is 25.7 Å². The van der Waals surface area contributed by atoms with Crippen LogP contribution in [0.3, 0.4) is 0 Å². The smallest absolute Gasteiger partial charge is 0.264 e. The van der Waals surface area contributed by atoms with Gasteiger partial charge < -0.3 is 36.6 Å². The number of para-hydroxylation sites is 3. The van der Waals surface area contributed by atoms with Crippen molar-refractivity contribution in [3.8, 4) is 52.6 Å². The zero-order valence-electron chi connectivity index (χ0n) is 70.8. The highest BCUT2D eigenvalue weighted by atomic mass is 28.3. The minimum absolute atomic E-state index is 0.0629. The van der Waals surface area contributed by atoms with Gasteiger partial charge in [0.15, 0.2) is 16.9 Å². The summed E-state index contributed by atoms with van der Waals surface area (Å²) in [5.74, 6) is 17.0. The van der Waals surface area contributed by atoms with Crippen LogP contribution in [0.4, 0.5) is 0 Å². The number of carbonyl (C=O) groups is 6. The maximum atomic E-state index is 14.2. The van der Waals surface area contributed by atoms with Gasteiger partial charge in [0.1, 0.15) is 28.8 Å². The van der Waals surface area contributed by atoms with E-state index in [0.717, 1.165) is 29.1 Å². The Morgan fingerprint density at radius 2 is 0.817 bits per heavy atom. The van der Waals surface area contributed by atoms with E-state index in [1.54, 1.807) is 116 Å². The monoisotopic (exact) mass is 1690 g/mol. The van der Waals surface area contributed by atoms with E-state index in [9.17, 15) is 43.2 Å². The predicted molar refractivity (Wildman–Crippen MR) is 484 cm³/mol. The third kappa shape index (κ3) is 18.5. The number of nitrogens with one attached hydrogen (secondary N) is 6. The first-order valence-corrected chi connectivity index (χ1v) is 45.1.